The number of amides is 1. The smallest absolute Gasteiger partial charge is 0.273 e. The number of piperidine rings is 1. The van der Waals surface area contributed by atoms with E-state index in [1.54, 1.807) is 30.1 Å². The van der Waals surface area contributed by atoms with Gasteiger partial charge in [0, 0.05) is 18.7 Å². The van der Waals surface area contributed by atoms with Crippen LogP contribution in [0.3, 0.4) is 0 Å². The number of carbonyl (C=O) groups is 1. The molecule has 1 aliphatic heterocycles. The maximum atomic E-state index is 12.3. The molecule has 8 heteroatoms. The monoisotopic (exact) mass is 363 g/mol. The van der Waals surface area contributed by atoms with Gasteiger partial charge in [0.05, 0.1) is 18.3 Å². The maximum absolute atomic E-state index is 12.3. The Balaban J connectivity index is 1.58. The van der Waals surface area contributed by atoms with Crippen molar-refractivity contribution in [1.29, 1.82) is 0 Å². The number of rotatable bonds is 6. The van der Waals surface area contributed by atoms with Gasteiger partial charge in [-0.25, -0.2) is 4.68 Å². The Labute approximate surface area is 151 Å². The van der Waals surface area contributed by atoms with Crippen LogP contribution in [0.2, 0.25) is 5.02 Å². The van der Waals surface area contributed by atoms with Gasteiger partial charge in [0.1, 0.15) is 0 Å². The molecular formula is C17H22ClN5O2. The third kappa shape index (κ3) is 4.56. The Morgan fingerprint density at radius 2 is 2.12 bits per heavy atom. The zero-order chi connectivity index (χ0) is 17.6. The highest BCUT2D eigenvalue weighted by molar-refractivity contribution is 6.30. The molecule has 0 radical (unpaired) electrons. The molecule has 1 aliphatic rings. The first-order valence-electron chi connectivity index (χ1n) is 8.36. The summed E-state index contributed by atoms with van der Waals surface area (Å²) in [6.07, 6.45) is 3.45. The zero-order valence-corrected chi connectivity index (χ0v) is 14.9. The summed E-state index contributed by atoms with van der Waals surface area (Å²) in [6, 6.07) is 7.67. The summed E-state index contributed by atoms with van der Waals surface area (Å²) in [5.74, 6) is -0.254. The van der Waals surface area contributed by atoms with E-state index in [1.807, 2.05) is 12.1 Å². The van der Waals surface area contributed by atoms with Crippen molar-refractivity contribution in [3.8, 4) is 0 Å². The molecule has 1 aromatic heterocycles. The van der Waals surface area contributed by atoms with Crippen LogP contribution in [0.5, 0.6) is 0 Å². The van der Waals surface area contributed by atoms with Gasteiger partial charge in [0.25, 0.3) is 5.91 Å². The molecule has 0 bridgehead atoms. The summed E-state index contributed by atoms with van der Waals surface area (Å²) >= 11 is 5.90. The number of aromatic nitrogens is 3. The van der Waals surface area contributed by atoms with Crippen molar-refractivity contribution in [1.82, 2.24) is 25.6 Å². The molecule has 134 valence electrons. The number of methoxy groups -OCH3 is 1. The highest BCUT2D eigenvalue weighted by Gasteiger charge is 2.19. The molecule has 1 atom stereocenters. The number of nitrogens with zero attached hydrogens (tertiary/aromatic N) is 3. The minimum atomic E-state index is -0.254. The molecule has 0 spiro atoms. The molecule has 2 heterocycles. The quantitative estimate of drug-likeness (QED) is 0.820. The third-order valence-electron chi connectivity index (χ3n) is 4.40. The third-order valence-corrected chi connectivity index (χ3v) is 4.65. The van der Waals surface area contributed by atoms with Gasteiger partial charge in [-0.2, -0.15) is 0 Å². The van der Waals surface area contributed by atoms with E-state index in [0.29, 0.717) is 23.3 Å². The van der Waals surface area contributed by atoms with Crippen LogP contribution >= 0.6 is 11.6 Å². The summed E-state index contributed by atoms with van der Waals surface area (Å²) in [7, 11) is 1.61. The molecule has 1 unspecified atom stereocenters. The number of hydrogen-bond acceptors (Lipinski definition) is 5. The van der Waals surface area contributed by atoms with E-state index < -0.39 is 0 Å². The number of hydrogen-bond donors (Lipinski definition) is 2. The first-order valence-corrected chi connectivity index (χ1v) is 8.74. The van der Waals surface area contributed by atoms with Crippen LogP contribution in [0.25, 0.3) is 0 Å². The van der Waals surface area contributed by atoms with E-state index in [1.165, 1.54) is 0 Å². The summed E-state index contributed by atoms with van der Waals surface area (Å²) in [6.45, 7) is 2.27. The molecule has 2 aromatic rings. The van der Waals surface area contributed by atoms with Crippen molar-refractivity contribution < 1.29 is 9.53 Å². The van der Waals surface area contributed by atoms with Crippen LogP contribution in [0.1, 0.15) is 41.0 Å². The Kier molecular flexibility index (Phi) is 6.01. The van der Waals surface area contributed by atoms with Crippen molar-refractivity contribution in [2.45, 2.75) is 25.0 Å². The maximum Gasteiger partial charge on any atom is 0.273 e. The molecular weight excluding hydrogens is 342 g/mol. The van der Waals surface area contributed by atoms with Gasteiger partial charge in [-0.15, -0.1) is 5.10 Å². The van der Waals surface area contributed by atoms with Crippen molar-refractivity contribution >= 4 is 17.5 Å². The molecule has 3 rings (SSSR count). The SMILES string of the molecule is COC(CNC(=O)c1cn(C2CCNCC2)nn1)c1ccc(Cl)cc1. The lowest BCUT2D eigenvalue weighted by molar-refractivity contribution is 0.0824. The van der Waals surface area contributed by atoms with Crippen molar-refractivity contribution in [3.63, 3.8) is 0 Å². The lowest BCUT2D eigenvalue weighted by atomic mass is 10.1. The van der Waals surface area contributed by atoms with Crippen molar-refractivity contribution in [2.24, 2.45) is 0 Å². The second kappa shape index (κ2) is 8.42. The highest BCUT2D eigenvalue weighted by atomic mass is 35.5. The lowest BCUT2D eigenvalue weighted by Crippen LogP contribution is -2.30. The summed E-state index contributed by atoms with van der Waals surface area (Å²) < 4.78 is 7.25. The fraction of sp³-hybridized carbons (Fsp3) is 0.471. The molecule has 1 saturated heterocycles. The number of nitrogens with one attached hydrogen (secondary N) is 2. The fourth-order valence-corrected chi connectivity index (χ4v) is 3.05. The van der Waals surface area contributed by atoms with Crippen LogP contribution < -0.4 is 10.6 Å². The van der Waals surface area contributed by atoms with Crippen molar-refractivity contribution in [3.05, 3.63) is 46.7 Å². The molecule has 1 aromatic carbocycles. The first-order chi connectivity index (χ1) is 12.2. The van der Waals surface area contributed by atoms with E-state index in [2.05, 4.69) is 20.9 Å². The van der Waals surface area contributed by atoms with Crippen LogP contribution in [0.4, 0.5) is 0 Å². The van der Waals surface area contributed by atoms with Crippen LogP contribution in [-0.2, 0) is 4.74 Å². The number of benzene rings is 1. The topological polar surface area (TPSA) is 81.1 Å². The predicted molar refractivity (Wildman–Crippen MR) is 94.7 cm³/mol. The van der Waals surface area contributed by atoms with E-state index in [-0.39, 0.29) is 12.0 Å². The largest absolute Gasteiger partial charge is 0.375 e. The van der Waals surface area contributed by atoms with Gasteiger partial charge < -0.3 is 15.4 Å². The minimum Gasteiger partial charge on any atom is -0.375 e. The van der Waals surface area contributed by atoms with Crippen LogP contribution in [0.15, 0.2) is 30.5 Å². The fourth-order valence-electron chi connectivity index (χ4n) is 2.92. The molecule has 1 fully saturated rings. The summed E-state index contributed by atoms with van der Waals surface area (Å²) in [5.41, 5.74) is 1.27. The first kappa shape index (κ1) is 17.8. The molecule has 0 saturated carbocycles. The van der Waals surface area contributed by atoms with Gasteiger partial charge in [-0.05, 0) is 43.6 Å². The molecule has 0 aliphatic carbocycles. The molecule has 2 N–H and O–H groups in total. The van der Waals surface area contributed by atoms with E-state index in [4.69, 9.17) is 16.3 Å². The van der Waals surface area contributed by atoms with Crippen molar-refractivity contribution in [2.75, 3.05) is 26.7 Å². The number of halogens is 1. The van der Waals surface area contributed by atoms with Gasteiger partial charge in [0.15, 0.2) is 5.69 Å². The predicted octanol–water partition coefficient (Wildman–Crippen LogP) is 1.97. The van der Waals surface area contributed by atoms with Crippen LogP contribution in [-0.4, -0.2) is 47.6 Å². The minimum absolute atomic E-state index is 0.249. The average Bonchev–Trinajstić information content (AvgIpc) is 3.14. The Morgan fingerprint density at radius 1 is 1.40 bits per heavy atom. The van der Waals surface area contributed by atoms with Gasteiger partial charge in [-0.1, -0.05) is 28.9 Å². The standard InChI is InChI=1S/C17H22ClN5O2/c1-25-16(12-2-4-13(18)5-3-12)10-20-17(24)15-11-23(22-21-15)14-6-8-19-9-7-14/h2-5,11,14,16,19H,6-10H2,1H3,(H,20,24). The highest BCUT2D eigenvalue weighted by Crippen LogP contribution is 2.19. The number of carbonyl (C=O) groups excluding carboxylic acids is 1. The lowest BCUT2D eigenvalue weighted by Gasteiger charge is -2.22. The Bertz CT molecular complexity index is 697. The van der Waals surface area contributed by atoms with E-state index >= 15 is 0 Å². The van der Waals surface area contributed by atoms with E-state index in [0.717, 1.165) is 31.5 Å². The molecule has 1 amide bonds. The second-order valence-corrected chi connectivity index (χ2v) is 6.49. The van der Waals surface area contributed by atoms with Crippen LogP contribution in [0, 0.1) is 0 Å². The second-order valence-electron chi connectivity index (χ2n) is 6.05. The zero-order valence-electron chi connectivity index (χ0n) is 14.1. The average molecular weight is 364 g/mol. The normalized spacial score (nSPS) is 16.6. The Morgan fingerprint density at radius 3 is 2.80 bits per heavy atom. The van der Waals surface area contributed by atoms with Gasteiger partial charge >= 0.3 is 0 Å². The summed E-state index contributed by atoms with van der Waals surface area (Å²) in [4.78, 5) is 12.3. The van der Waals surface area contributed by atoms with E-state index in [9.17, 15) is 4.79 Å². The molecule has 7 nitrogen and oxygen atoms in total. The Hall–Kier alpha value is -1.96. The summed E-state index contributed by atoms with van der Waals surface area (Å²) in [5, 5.41) is 14.9. The molecule has 25 heavy (non-hydrogen) atoms. The van der Waals surface area contributed by atoms with Gasteiger partial charge in [-0.3, -0.25) is 4.79 Å². The van der Waals surface area contributed by atoms with Gasteiger partial charge in [0.2, 0.25) is 0 Å². The number of ether oxygens (including phenoxy) is 1.